The topological polar surface area (TPSA) is 50.4 Å². The number of carbonyl (C=O) groups is 1. The van der Waals surface area contributed by atoms with Gasteiger partial charge in [0, 0.05) is 7.05 Å². The molecule has 4 heteroatoms. The summed E-state index contributed by atoms with van der Waals surface area (Å²) in [5.41, 5.74) is 2.48. The molecular weight excluding hydrogens is 120 g/mol. The van der Waals surface area contributed by atoms with Gasteiger partial charge in [-0.2, -0.15) is 5.48 Å². The van der Waals surface area contributed by atoms with E-state index in [4.69, 9.17) is 0 Å². The van der Waals surface area contributed by atoms with Gasteiger partial charge in [0.25, 0.3) is 0 Å². The van der Waals surface area contributed by atoms with Crippen LogP contribution in [0.3, 0.4) is 0 Å². The largest absolute Gasteiger partial charge is 0.358 e. The lowest BCUT2D eigenvalue weighted by Gasteiger charge is -2.08. The first-order chi connectivity index (χ1) is 4.22. The Hall–Kier alpha value is -0.610. The summed E-state index contributed by atoms with van der Waals surface area (Å²) < 4.78 is 0. The molecule has 0 fully saturated rings. The molecule has 4 nitrogen and oxygen atoms in total. The fraction of sp³-hybridized carbons (Fsp3) is 0.800. The summed E-state index contributed by atoms with van der Waals surface area (Å²) in [6.45, 7) is 1.71. The van der Waals surface area contributed by atoms with Crippen LogP contribution >= 0.6 is 0 Å². The molecule has 0 saturated carbocycles. The fourth-order valence-electron chi connectivity index (χ4n) is 0.447. The first-order valence-electron chi connectivity index (χ1n) is 2.72. The molecule has 0 aromatic carbocycles. The van der Waals surface area contributed by atoms with Gasteiger partial charge >= 0.3 is 0 Å². The summed E-state index contributed by atoms with van der Waals surface area (Å²) in [5, 5.41) is 2.47. The summed E-state index contributed by atoms with van der Waals surface area (Å²) in [6.07, 6.45) is 0. The van der Waals surface area contributed by atoms with Gasteiger partial charge < -0.3 is 10.2 Å². The maximum atomic E-state index is 10.6. The summed E-state index contributed by atoms with van der Waals surface area (Å²) in [5.74, 6) is -0.0862. The minimum atomic E-state index is -0.292. The Morgan fingerprint density at radius 2 is 2.22 bits per heavy atom. The Balaban J connectivity index is 3.45. The Bertz CT molecular complexity index is 95.0. The van der Waals surface area contributed by atoms with E-state index in [1.54, 1.807) is 14.0 Å². The van der Waals surface area contributed by atoms with Crippen molar-refractivity contribution in [1.82, 2.24) is 10.8 Å². The smallest absolute Gasteiger partial charge is 0.238 e. The molecule has 0 aliphatic heterocycles. The van der Waals surface area contributed by atoms with Crippen molar-refractivity contribution in [2.45, 2.75) is 13.0 Å². The second kappa shape index (κ2) is 4.29. The summed E-state index contributed by atoms with van der Waals surface area (Å²) in [6, 6.07) is -0.292. The predicted octanol–water partition coefficient (Wildman–Crippen LogP) is -0.728. The van der Waals surface area contributed by atoms with Gasteiger partial charge in [-0.3, -0.25) is 4.79 Å². The Labute approximate surface area is 54.5 Å². The van der Waals surface area contributed by atoms with Gasteiger partial charge in [0.15, 0.2) is 0 Å². The number of amides is 1. The minimum absolute atomic E-state index is 0.0862. The molecule has 0 radical (unpaired) electrons. The van der Waals surface area contributed by atoms with Crippen molar-refractivity contribution in [2.24, 2.45) is 0 Å². The predicted molar refractivity (Wildman–Crippen MR) is 33.7 cm³/mol. The number of hydrogen-bond donors (Lipinski definition) is 2. The van der Waals surface area contributed by atoms with Crippen LogP contribution in [0, 0.1) is 0 Å². The molecule has 0 aromatic heterocycles. The number of likely N-dealkylation sites (N-methyl/N-ethyl adjacent to an activating group) is 1. The molecule has 1 amide bonds. The van der Waals surface area contributed by atoms with E-state index >= 15 is 0 Å². The van der Waals surface area contributed by atoms with E-state index in [2.05, 4.69) is 15.6 Å². The summed E-state index contributed by atoms with van der Waals surface area (Å²) >= 11 is 0. The van der Waals surface area contributed by atoms with Crippen LogP contribution < -0.4 is 10.8 Å². The maximum absolute atomic E-state index is 10.6. The highest BCUT2D eigenvalue weighted by molar-refractivity contribution is 5.80. The third-order valence-corrected chi connectivity index (χ3v) is 0.934. The molecule has 1 atom stereocenters. The van der Waals surface area contributed by atoms with E-state index in [0.717, 1.165) is 0 Å². The highest BCUT2D eigenvalue weighted by Crippen LogP contribution is 1.77. The van der Waals surface area contributed by atoms with Crippen molar-refractivity contribution in [3.8, 4) is 0 Å². The zero-order valence-corrected chi connectivity index (χ0v) is 5.89. The van der Waals surface area contributed by atoms with E-state index in [1.165, 1.54) is 7.11 Å². The van der Waals surface area contributed by atoms with Crippen LogP contribution in [-0.4, -0.2) is 26.1 Å². The van der Waals surface area contributed by atoms with Crippen molar-refractivity contribution < 1.29 is 9.63 Å². The van der Waals surface area contributed by atoms with Crippen molar-refractivity contribution in [3.05, 3.63) is 0 Å². The zero-order chi connectivity index (χ0) is 7.28. The number of hydroxylamine groups is 1. The highest BCUT2D eigenvalue weighted by Gasteiger charge is 2.07. The summed E-state index contributed by atoms with van der Waals surface area (Å²) in [7, 11) is 3.05. The first-order valence-corrected chi connectivity index (χ1v) is 2.72. The average Bonchev–Trinajstić information content (AvgIpc) is 1.87. The van der Waals surface area contributed by atoms with Crippen molar-refractivity contribution in [2.75, 3.05) is 14.2 Å². The standard InChI is InChI=1S/C5H12N2O2/c1-4(7-9-3)5(8)6-2/h4,7H,1-3H3,(H,6,8). The van der Waals surface area contributed by atoms with Crippen molar-refractivity contribution >= 4 is 5.91 Å². The average molecular weight is 132 g/mol. The van der Waals surface area contributed by atoms with Gasteiger partial charge in [0.2, 0.25) is 5.91 Å². The second-order valence-corrected chi connectivity index (χ2v) is 1.66. The Morgan fingerprint density at radius 3 is 2.56 bits per heavy atom. The molecule has 0 aliphatic rings. The monoisotopic (exact) mass is 132 g/mol. The normalized spacial score (nSPS) is 12.8. The van der Waals surface area contributed by atoms with E-state index in [1.807, 2.05) is 0 Å². The Morgan fingerprint density at radius 1 is 1.67 bits per heavy atom. The first kappa shape index (κ1) is 8.39. The zero-order valence-electron chi connectivity index (χ0n) is 5.89. The molecule has 0 spiro atoms. The van der Waals surface area contributed by atoms with Gasteiger partial charge in [-0.1, -0.05) is 0 Å². The third kappa shape index (κ3) is 3.05. The molecule has 0 aliphatic carbocycles. The molecule has 54 valence electrons. The number of rotatable bonds is 3. The molecular formula is C5H12N2O2. The maximum Gasteiger partial charge on any atom is 0.238 e. The molecule has 9 heavy (non-hydrogen) atoms. The lowest BCUT2D eigenvalue weighted by molar-refractivity contribution is -0.125. The van der Waals surface area contributed by atoms with Crippen LogP contribution in [0.1, 0.15) is 6.92 Å². The van der Waals surface area contributed by atoms with Crippen LogP contribution in [0.5, 0.6) is 0 Å². The van der Waals surface area contributed by atoms with E-state index in [0.29, 0.717) is 0 Å². The molecule has 0 rings (SSSR count). The van der Waals surface area contributed by atoms with E-state index < -0.39 is 0 Å². The van der Waals surface area contributed by atoms with Crippen LogP contribution in [0.4, 0.5) is 0 Å². The van der Waals surface area contributed by atoms with Gasteiger partial charge in [0.1, 0.15) is 6.04 Å². The highest BCUT2D eigenvalue weighted by atomic mass is 16.6. The van der Waals surface area contributed by atoms with E-state index in [9.17, 15) is 4.79 Å². The van der Waals surface area contributed by atoms with Crippen LogP contribution in [0.15, 0.2) is 0 Å². The number of nitrogens with one attached hydrogen (secondary N) is 2. The van der Waals surface area contributed by atoms with Crippen LogP contribution in [-0.2, 0) is 9.63 Å². The minimum Gasteiger partial charge on any atom is -0.358 e. The van der Waals surface area contributed by atoms with Gasteiger partial charge in [-0.05, 0) is 6.92 Å². The molecule has 2 N–H and O–H groups in total. The van der Waals surface area contributed by atoms with Gasteiger partial charge in [-0.15, -0.1) is 0 Å². The van der Waals surface area contributed by atoms with Crippen molar-refractivity contribution in [3.63, 3.8) is 0 Å². The lowest BCUT2D eigenvalue weighted by Crippen LogP contribution is -2.39. The lowest BCUT2D eigenvalue weighted by atomic mass is 10.3. The SMILES string of the molecule is CNC(=O)C(C)NOC. The summed E-state index contributed by atoms with van der Waals surface area (Å²) in [4.78, 5) is 15.2. The van der Waals surface area contributed by atoms with Gasteiger partial charge in [0.05, 0.1) is 7.11 Å². The quantitative estimate of drug-likeness (QED) is 0.498. The third-order valence-electron chi connectivity index (χ3n) is 0.934. The molecule has 0 bridgehead atoms. The van der Waals surface area contributed by atoms with E-state index in [-0.39, 0.29) is 11.9 Å². The van der Waals surface area contributed by atoms with Crippen LogP contribution in [0.2, 0.25) is 0 Å². The molecule has 0 heterocycles. The number of hydrogen-bond acceptors (Lipinski definition) is 3. The number of carbonyl (C=O) groups excluding carboxylic acids is 1. The molecule has 0 saturated heterocycles. The molecule has 1 unspecified atom stereocenters. The fourth-order valence-corrected chi connectivity index (χ4v) is 0.447. The second-order valence-electron chi connectivity index (χ2n) is 1.66. The van der Waals surface area contributed by atoms with Crippen molar-refractivity contribution in [1.29, 1.82) is 0 Å². The molecule has 0 aromatic rings. The van der Waals surface area contributed by atoms with Gasteiger partial charge in [-0.25, -0.2) is 0 Å². The van der Waals surface area contributed by atoms with Crippen LogP contribution in [0.25, 0.3) is 0 Å². The Kier molecular flexibility index (Phi) is 4.00.